The molecule has 0 aromatic heterocycles. The van der Waals surface area contributed by atoms with E-state index in [0.29, 0.717) is 13.0 Å². The topological polar surface area (TPSA) is 105 Å². The van der Waals surface area contributed by atoms with E-state index in [1.807, 2.05) is 38.1 Å². The highest BCUT2D eigenvalue weighted by Crippen LogP contribution is 2.44. The molecule has 3 rings (SSSR count). The third kappa shape index (κ3) is 6.60. The lowest BCUT2D eigenvalue weighted by Crippen LogP contribution is -2.45. The Bertz CT molecular complexity index is 994. The maximum absolute atomic E-state index is 12.8. The molecule has 2 atom stereocenters. The van der Waals surface area contributed by atoms with Gasteiger partial charge in [0.1, 0.15) is 13.2 Å². The minimum Gasteiger partial charge on any atom is -0.480 e. The van der Waals surface area contributed by atoms with Gasteiger partial charge in [0, 0.05) is 25.1 Å². The van der Waals surface area contributed by atoms with Crippen LogP contribution < -0.4 is 5.32 Å². The zero-order valence-corrected chi connectivity index (χ0v) is 20.5. The van der Waals surface area contributed by atoms with E-state index in [1.165, 1.54) is 4.90 Å². The Morgan fingerprint density at radius 2 is 1.63 bits per heavy atom. The second kappa shape index (κ2) is 12.4. The summed E-state index contributed by atoms with van der Waals surface area (Å²) in [6.07, 6.45) is -0.576. The average molecular weight is 483 g/mol. The Hall–Kier alpha value is -3.39. The number of nitrogens with one attached hydrogen (secondary N) is 1. The van der Waals surface area contributed by atoms with Crippen molar-refractivity contribution >= 4 is 18.0 Å². The van der Waals surface area contributed by atoms with Crippen LogP contribution in [0.15, 0.2) is 48.5 Å². The van der Waals surface area contributed by atoms with Crippen molar-refractivity contribution in [3.05, 3.63) is 59.7 Å². The number of rotatable bonds is 12. The van der Waals surface area contributed by atoms with Gasteiger partial charge in [0.05, 0.1) is 12.5 Å². The van der Waals surface area contributed by atoms with Gasteiger partial charge in [0.25, 0.3) is 0 Å². The summed E-state index contributed by atoms with van der Waals surface area (Å²) in [5.74, 6) is -1.43. The SMILES string of the molecule is CCOC(CNC(=O)OCC1c2ccccc2-c2ccccc21)CC(=O)N(CC(=O)O)C(C)CC. The highest BCUT2D eigenvalue weighted by Gasteiger charge is 2.29. The molecule has 2 aromatic rings. The summed E-state index contributed by atoms with van der Waals surface area (Å²) in [5.41, 5.74) is 4.56. The number of benzene rings is 2. The fourth-order valence-electron chi connectivity index (χ4n) is 4.44. The summed E-state index contributed by atoms with van der Waals surface area (Å²) in [6.45, 7) is 5.76. The number of amides is 2. The van der Waals surface area contributed by atoms with Crippen LogP contribution in [-0.2, 0) is 19.1 Å². The Morgan fingerprint density at radius 1 is 1.03 bits per heavy atom. The zero-order valence-electron chi connectivity index (χ0n) is 20.5. The number of carboxylic acid groups (broad SMARTS) is 1. The molecular weight excluding hydrogens is 448 g/mol. The Labute approximate surface area is 206 Å². The van der Waals surface area contributed by atoms with Crippen LogP contribution in [0.1, 0.15) is 50.7 Å². The summed E-state index contributed by atoms with van der Waals surface area (Å²) in [7, 11) is 0. The summed E-state index contributed by atoms with van der Waals surface area (Å²) in [4.78, 5) is 37.8. The van der Waals surface area contributed by atoms with Crippen molar-refractivity contribution in [2.45, 2.75) is 51.7 Å². The largest absolute Gasteiger partial charge is 0.480 e. The molecule has 1 aliphatic carbocycles. The van der Waals surface area contributed by atoms with Crippen molar-refractivity contribution in [1.82, 2.24) is 10.2 Å². The van der Waals surface area contributed by atoms with Crippen LogP contribution in [0.25, 0.3) is 11.1 Å². The van der Waals surface area contributed by atoms with Gasteiger partial charge >= 0.3 is 12.1 Å². The number of carbonyl (C=O) groups is 3. The molecule has 0 bridgehead atoms. The fourth-order valence-corrected chi connectivity index (χ4v) is 4.44. The van der Waals surface area contributed by atoms with Crippen LogP contribution in [0.5, 0.6) is 0 Å². The molecule has 2 amide bonds. The van der Waals surface area contributed by atoms with E-state index in [0.717, 1.165) is 22.3 Å². The van der Waals surface area contributed by atoms with Crippen LogP contribution in [0.3, 0.4) is 0 Å². The van der Waals surface area contributed by atoms with E-state index in [1.54, 1.807) is 6.92 Å². The van der Waals surface area contributed by atoms with E-state index < -0.39 is 18.2 Å². The van der Waals surface area contributed by atoms with Crippen molar-refractivity contribution in [2.24, 2.45) is 0 Å². The Balaban J connectivity index is 1.56. The molecule has 1 aliphatic rings. The first-order valence-corrected chi connectivity index (χ1v) is 12.1. The van der Waals surface area contributed by atoms with Crippen LogP contribution in [0.4, 0.5) is 4.79 Å². The van der Waals surface area contributed by atoms with Gasteiger partial charge in [-0.25, -0.2) is 4.79 Å². The summed E-state index contributed by atoms with van der Waals surface area (Å²) < 4.78 is 11.2. The molecule has 0 radical (unpaired) electrons. The molecule has 188 valence electrons. The van der Waals surface area contributed by atoms with E-state index in [4.69, 9.17) is 14.6 Å². The minimum atomic E-state index is -1.07. The van der Waals surface area contributed by atoms with Gasteiger partial charge in [0.2, 0.25) is 5.91 Å². The number of hydrogen-bond donors (Lipinski definition) is 2. The Kier molecular flexibility index (Phi) is 9.25. The summed E-state index contributed by atoms with van der Waals surface area (Å²) >= 11 is 0. The van der Waals surface area contributed by atoms with Crippen molar-refractivity contribution in [3.63, 3.8) is 0 Å². The van der Waals surface area contributed by atoms with E-state index in [2.05, 4.69) is 29.6 Å². The second-order valence-electron chi connectivity index (χ2n) is 8.66. The first-order valence-electron chi connectivity index (χ1n) is 12.1. The first kappa shape index (κ1) is 26.2. The van der Waals surface area contributed by atoms with Gasteiger partial charge in [-0.05, 0) is 42.5 Å². The summed E-state index contributed by atoms with van der Waals surface area (Å²) in [5, 5.41) is 11.9. The van der Waals surface area contributed by atoms with Crippen molar-refractivity contribution in [3.8, 4) is 11.1 Å². The van der Waals surface area contributed by atoms with Crippen molar-refractivity contribution in [1.29, 1.82) is 0 Å². The molecule has 2 unspecified atom stereocenters. The molecule has 2 N–H and O–H groups in total. The van der Waals surface area contributed by atoms with Crippen LogP contribution in [-0.4, -0.2) is 66.4 Å². The predicted molar refractivity (Wildman–Crippen MR) is 132 cm³/mol. The first-order chi connectivity index (χ1) is 16.8. The molecule has 0 spiro atoms. The number of carbonyl (C=O) groups excluding carboxylic acids is 2. The van der Waals surface area contributed by atoms with E-state index >= 15 is 0 Å². The number of hydrogen-bond acceptors (Lipinski definition) is 5. The molecular formula is C27H34N2O6. The zero-order chi connectivity index (χ0) is 25.4. The lowest BCUT2D eigenvalue weighted by Gasteiger charge is -2.28. The monoisotopic (exact) mass is 482 g/mol. The molecule has 0 aliphatic heterocycles. The van der Waals surface area contributed by atoms with E-state index in [9.17, 15) is 14.4 Å². The van der Waals surface area contributed by atoms with E-state index in [-0.39, 0.29) is 44.0 Å². The maximum atomic E-state index is 12.8. The predicted octanol–water partition coefficient (Wildman–Crippen LogP) is 4.03. The normalized spacial score (nSPS) is 13.9. The average Bonchev–Trinajstić information content (AvgIpc) is 3.17. The molecule has 8 heteroatoms. The molecule has 0 saturated carbocycles. The minimum absolute atomic E-state index is 0.0326. The molecule has 0 heterocycles. The Morgan fingerprint density at radius 3 is 2.17 bits per heavy atom. The third-order valence-corrected chi connectivity index (χ3v) is 6.37. The number of nitrogens with zero attached hydrogens (tertiary/aromatic N) is 1. The number of carboxylic acids is 1. The van der Waals surface area contributed by atoms with Crippen molar-refractivity contribution < 1.29 is 29.0 Å². The second-order valence-corrected chi connectivity index (χ2v) is 8.66. The number of fused-ring (bicyclic) bond motifs is 3. The third-order valence-electron chi connectivity index (χ3n) is 6.37. The van der Waals surface area contributed by atoms with Gasteiger partial charge in [-0.3, -0.25) is 9.59 Å². The number of alkyl carbamates (subject to hydrolysis) is 1. The van der Waals surface area contributed by atoms with Gasteiger partial charge < -0.3 is 24.8 Å². The van der Waals surface area contributed by atoms with Gasteiger partial charge in [0.15, 0.2) is 0 Å². The van der Waals surface area contributed by atoms with Crippen LogP contribution in [0.2, 0.25) is 0 Å². The number of aliphatic carboxylic acids is 1. The smallest absolute Gasteiger partial charge is 0.407 e. The van der Waals surface area contributed by atoms with Gasteiger partial charge in [-0.1, -0.05) is 55.5 Å². The lowest BCUT2D eigenvalue weighted by molar-refractivity contribution is -0.147. The van der Waals surface area contributed by atoms with Gasteiger partial charge in [-0.15, -0.1) is 0 Å². The molecule has 8 nitrogen and oxygen atoms in total. The quantitative estimate of drug-likeness (QED) is 0.473. The molecule has 0 saturated heterocycles. The lowest BCUT2D eigenvalue weighted by atomic mass is 9.98. The highest BCUT2D eigenvalue weighted by atomic mass is 16.5. The number of ether oxygens (including phenoxy) is 2. The van der Waals surface area contributed by atoms with Gasteiger partial charge in [-0.2, -0.15) is 0 Å². The van der Waals surface area contributed by atoms with Crippen molar-refractivity contribution in [2.75, 3.05) is 26.3 Å². The summed E-state index contributed by atoms with van der Waals surface area (Å²) in [6, 6.07) is 16.0. The highest BCUT2D eigenvalue weighted by molar-refractivity contribution is 5.82. The standard InChI is InChI=1S/C27H34N2O6/c1-4-18(3)29(16-26(31)32)25(30)14-19(34-5-2)15-28-27(33)35-17-24-22-12-8-6-10-20(22)21-11-7-9-13-23(21)24/h6-13,18-19,24H,4-5,14-17H2,1-3H3,(H,28,33)(H,31,32). The van der Waals surface area contributed by atoms with Crippen LogP contribution in [0, 0.1) is 0 Å². The fraction of sp³-hybridized carbons (Fsp3) is 0.444. The van der Waals surface area contributed by atoms with Crippen LogP contribution >= 0.6 is 0 Å². The molecule has 0 fully saturated rings. The maximum Gasteiger partial charge on any atom is 0.407 e. The molecule has 35 heavy (non-hydrogen) atoms. The molecule has 2 aromatic carbocycles.